The monoisotopic (exact) mass is 446 g/mol. The van der Waals surface area contributed by atoms with Crippen LogP contribution in [0.4, 0.5) is 0 Å². The van der Waals surface area contributed by atoms with E-state index < -0.39 is 0 Å². The molecule has 0 N–H and O–H groups in total. The number of fused-ring (bicyclic) bond motifs is 1. The van der Waals surface area contributed by atoms with Crippen molar-refractivity contribution >= 4 is 17.2 Å². The van der Waals surface area contributed by atoms with Crippen molar-refractivity contribution in [1.29, 1.82) is 0 Å². The first-order valence-corrected chi connectivity index (χ1v) is 11.2. The Hall–Kier alpha value is -3.58. The number of aromatic nitrogens is 1. The van der Waals surface area contributed by atoms with Gasteiger partial charge in [-0.05, 0) is 48.6 Å². The number of hydrogen-bond donors (Lipinski definition) is 0. The molecule has 32 heavy (non-hydrogen) atoms. The molecule has 1 aliphatic heterocycles. The maximum Gasteiger partial charge on any atom is 0.264 e. The molecule has 0 fully saturated rings. The fraction of sp³-hybridized carbons (Fsp3) is 0.200. The minimum atomic E-state index is -0.0475. The lowest BCUT2D eigenvalue weighted by molar-refractivity contribution is 0.0731. The Kier molecular flexibility index (Phi) is 5.41. The van der Waals surface area contributed by atoms with Gasteiger partial charge >= 0.3 is 0 Å². The van der Waals surface area contributed by atoms with Gasteiger partial charge in [0, 0.05) is 18.2 Å². The van der Waals surface area contributed by atoms with E-state index in [0.29, 0.717) is 35.2 Å². The third kappa shape index (κ3) is 4.11. The van der Waals surface area contributed by atoms with Crippen LogP contribution in [0, 0.1) is 13.8 Å². The van der Waals surface area contributed by atoms with Gasteiger partial charge in [0.15, 0.2) is 17.3 Å². The quantitative estimate of drug-likeness (QED) is 0.386. The van der Waals surface area contributed by atoms with Gasteiger partial charge in [-0.3, -0.25) is 4.79 Å². The molecule has 0 spiro atoms. The minimum Gasteiger partial charge on any atom is -0.454 e. The molecular formula is C25H22N2O4S. The number of rotatable bonds is 6. The molecule has 3 heterocycles. The van der Waals surface area contributed by atoms with Crippen molar-refractivity contribution in [2.45, 2.75) is 26.9 Å². The number of aryl methyl sites for hydroxylation is 2. The van der Waals surface area contributed by atoms with Crippen molar-refractivity contribution in [1.82, 2.24) is 10.1 Å². The molecule has 7 heteroatoms. The maximum atomic E-state index is 13.2. The van der Waals surface area contributed by atoms with Crippen LogP contribution in [0.1, 0.15) is 32.1 Å². The zero-order valence-electron chi connectivity index (χ0n) is 17.8. The summed E-state index contributed by atoms with van der Waals surface area (Å²) >= 11 is 1.43. The highest BCUT2D eigenvalue weighted by Gasteiger charge is 2.21. The number of nitrogens with zero attached hydrogens (tertiary/aromatic N) is 2. The lowest BCUT2D eigenvalue weighted by Crippen LogP contribution is -2.29. The highest BCUT2D eigenvalue weighted by molar-refractivity contribution is 7.12. The average Bonchev–Trinajstić information content (AvgIpc) is 3.54. The molecule has 6 nitrogen and oxygen atoms in total. The first-order valence-electron chi connectivity index (χ1n) is 10.3. The van der Waals surface area contributed by atoms with E-state index in [9.17, 15) is 4.79 Å². The van der Waals surface area contributed by atoms with Gasteiger partial charge in [0.1, 0.15) is 5.69 Å². The van der Waals surface area contributed by atoms with Crippen LogP contribution in [-0.4, -0.2) is 22.8 Å². The van der Waals surface area contributed by atoms with Gasteiger partial charge in [-0.2, -0.15) is 0 Å². The Bertz CT molecular complexity index is 1260. The summed E-state index contributed by atoms with van der Waals surface area (Å²) in [6.07, 6.45) is 0. The van der Waals surface area contributed by atoms with Gasteiger partial charge in [-0.25, -0.2) is 0 Å². The van der Waals surface area contributed by atoms with Gasteiger partial charge in [-0.1, -0.05) is 41.1 Å². The summed E-state index contributed by atoms with van der Waals surface area (Å²) in [5, 5.41) is 6.15. The van der Waals surface area contributed by atoms with Crippen molar-refractivity contribution in [3.63, 3.8) is 0 Å². The van der Waals surface area contributed by atoms with Crippen LogP contribution in [0.15, 0.2) is 64.5 Å². The molecule has 0 atom stereocenters. The Morgan fingerprint density at radius 1 is 1.03 bits per heavy atom. The molecule has 0 bridgehead atoms. The smallest absolute Gasteiger partial charge is 0.264 e. The number of carbonyl (C=O) groups is 1. The van der Waals surface area contributed by atoms with Crippen LogP contribution in [0.5, 0.6) is 11.5 Å². The predicted molar refractivity (Wildman–Crippen MR) is 122 cm³/mol. The number of ether oxygens (including phenoxy) is 2. The molecule has 5 rings (SSSR count). The van der Waals surface area contributed by atoms with Crippen LogP contribution < -0.4 is 9.47 Å². The molecule has 2 aromatic heterocycles. The number of thiophene rings is 1. The molecule has 1 amide bonds. The van der Waals surface area contributed by atoms with Crippen LogP contribution in [0.25, 0.3) is 11.3 Å². The number of carbonyl (C=O) groups excluding carboxylic acids is 1. The fourth-order valence-electron chi connectivity index (χ4n) is 3.81. The topological polar surface area (TPSA) is 64.8 Å². The maximum absolute atomic E-state index is 13.2. The molecule has 0 saturated heterocycles. The molecule has 1 aliphatic rings. The van der Waals surface area contributed by atoms with Crippen molar-refractivity contribution in [2.75, 3.05) is 6.79 Å². The molecule has 162 valence electrons. The Morgan fingerprint density at radius 2 is 1.91 bits per heavy atom. The van der Waals surface area contributed by atoms with Gasteiger partial charge in [-0.15, -0.1) is 11.3 Å². The van der Waals surface area contributed by atoms with E-state index in [0.717, 1.165) is 22.4 Å². The standard InChI is InChI=1S/C25H22N2O4S/c1-16-5-7-20(17(2)10-16)22-12-19(26-31-22)14-27(25(28)24-4-3-9-32-24)13-18-6-8-21-23(11-18)30-15-29-21/h3-12H,13-15H2,1-2H3. The molecular weight excluding hydrogens is 424 g/mol. The van der Waals surface area contributed by atoms with Crippen molar-refractivity contribution in [3.05, 3.63) is 87.2 Å². The van der Waals surface area contributed by atoms with Gasteiger partial charge < -0.3 is 18.9 Å². The largest absolute Gasteiger partial charge is 0.454 e. The second-order valence-electron chi connectivity index (χ2n) is 7.83. The summed E-state index contributed by atoms with van der Waals surface area (Å²) in [6, 6.07) is 17.6. The lowest BCUT2D eigenvalue weighted by Gasteiger charge is -2.21. The minimum absolute atomic E-state index is 0.0475. The normalized spacial score (nSPS) is 12.2. The second-order valence-corrected chi connectivity index (χ2v) is 8.77. The van der Waals surface area contributed by atoms with E-state index in [4.69, 9.17) is 14.0 Å². The molecule has 0 unspecified atom stereocenters. The Morgan fingerprint density at radius 3 is 2.72 bits per heavy atom. The van der Waals surface area contributed by atoms with Crippen molar-refractivity contribution < 1.29 is 18.8 Å². The lowest BCUT2D eigenvalue weighted by atomic mass is 10.0. The number of amides is 1. The van der Waals surface area contributed by atoms with E-state index in [1.807, 2.05) is 47.8 Å². The highest BCUT2D eigenvalue weighted by Crippen LogP contribution is 2.33. The zero-order valence-corrected chi connectivity index (χ0v) is 18.6. The van der Waals surface area contributed by atoms with E-state index in [2.05, 4.69) is 31.1 Å². The van der Waals surface area contributed by atoms with Gasteiger partial charge in [0.2, 0.25) is 6.79 Å². The third-order valence-corrected chi connectivity index (χ3v) is 6.25. The van der Waals surface area contributed by atoms with E-state index in [1.54, 1.807) is 4.90 Å². The average molecular weight is 447 g/mol. The number of hydrogen-bond acceptors (Lipinski definition) is 6. The van der Waals surface area contributed by atoms with Gasteiger partial charge in [0.25, 0.3) is 5.91 Å². The van der Waals surface area contributed by atoms with Crippen LogP contribution in [0.2, 0.25) is 0 Å². The summed E-state index contributed by atoms with van der Waals surface area (Å²) in [5.74, 6) is 2.07. The van der Waals surface area contributed by atoms with E-state index in [-0.39, 0.29) is 12.7 Å². The first kappa shape index (κ1) is 20.3. The predicted octanol–water partition coefficient (Wildman–Crippen LogP) is 5.59. The van der Waals surface area contributed by atoms with Crippen molar-refractivity contribution in [3.8, 4) is 22.8 Å². The van der Waals surface area contributed by atoms with E-state index in [1.165, 1.54) is 16.9 Å². The SMILES string of the molecule is Cc1ccc(-c2cc(CN(Cc3ccc4c(c3)OCO4)C(=O)c3cccs3)no2)c(C)c1. The summed E-state index contributed by atoms with van der Waals surface area (Å²) in [5.41, 5.74) is 4.98. The summed E-state index contributed by atoms with van der Waals surface area (Å²) in [6.45, 7) is 5.08. The zero-order chi connectivity index (χ0) is 22.1. The second kappa shape index (κ2) is 8.51. The third-order valence-electron chi connectivity index (χ3n) is 5.39. The fourth-order valence-corrected chi connectivity index (χ4v) is 4.50. The summed E-state index contributed by atoms with van der Waals surface area (Å²) in [4.78, 5) is 15.7. The van der Waals surface area contributed by atoms with E-state index >= 15 is 0 Å². The Balaban J connectivity index is 1.41. The highest BCUT2D eigenvalue weighted by atomic mass is 32.1. The van der Waals surface area contributed by atoms with Crippen LogP contribution >= 0.6 is 11.3 Å². The summed E-state index contributed by atoms with van der Waals surface area (Å²) in [7, 11) is 0. The number of benzene rings is 2. The molecule has 0 aliphatic carbocycles. The Labute approximate surface area is 190 Å². The van der Waals surface area contributed by atoms with Crippen LogP contribution in [0.3, 0.4) is 0 Å². The van der Waals surface area contributed by atoms with Crippen molar-refractivity contribution in [2.24, 2.45) is 0 Å². The molecule has 4 aromatic rings. The molecule has 2 aromatic carbocycles. The summed E-state index contributed by atoms with van der Waals surface area (Å²) < 4.78 is 16.5. The first-order chi connectivity index (χ1) is 15.6. The van der Waals surface area contributed by atoms with Gasteiger partial charge in [0.05, 0.1) is 11.4 Å². The van der Waals surface area contributed by atoms with Crippen LogP contribution in [-0.2, 0) is 13.1 Å². The molecule has 0 saturated carbocycles. The molecule has 0 radical (unpaired) electrons.